The third-order valence-corrected chi connectivity index (χ3v) is 7.94. The van der Waals surface area contributed by atoms with Crippen LogP contribution >= 0.6 is 0 Å². The summed E-state index contributed by atoms with van der Waals surface area (Å²) in [4.78, 5) is 29.0. The van der Waals surface area contributed by atoms with Gasteiger partial charge in [-0.15, -0.1) is 0 Å². The molecule has 3 aliphatic rings. The average Bonchev–Trinajstić information content (AvgIpc) is 3.29. The van der Waals surface area contributed by atoms with Crippen molar-refractivity contribution < 1.29 is 9.59 Å². The van der Waals surface area contributed by atoms with Crippen LogP contribution < -0.4 is 10.6 Å². The lowest BCUT2D eigenvalue weighted by Gasteiger charge is -2.43. The summed E-state index contributed by atoms with van der Waals surface area (Å²) in [6.45, 7) is 5.33. The zero-order valence-electron chi connectivity index (χ0n) is 19.7. The van der Waals surface area contributed by atoms with E-state index in [9.17, 15) is 9.59 Å². The first-order valence-corrected chi connectivity index (χ1v) is 12.6. The van der Waals surface area contributed by atoms with Gasteiger partial charge >= 0.3 is 0 Å². The zero-order valence-corrected chi connectivity index (χ0v) is 19.7. The van der Waals surface area contributed by atoms with Gasteiger partial charge in [0.15, 0.2) is 0 Å². The number of carbonyl (C=O) groups is 2. The van der Waals surface area contributed by atoms with E-state index in [1.165, 1.54) is 5.56 Å². The van der Waals surface area contributed by atoms with Crippen LogP contribution in [0.5, 0.6) is 0 Å². The molecule has 1 aliphatic carbocycles. The highest BCUT2D eigenvalue weighted by atomic mass is 16.2. The Morgan fingerprint density at radius 2 is 1.70 bits per heavy atom. The van der Waals surface area contributed by atoms with Crippen LogP contribution in [0, 0.1) is 17.8 Å². The third kappa shape index (κ3) is 4.14. The van der Waals surface area contributed by atoms with Gasteiger partial charge in [-0.2, -0.15) is 0 Å². The van der Waals surface area contributed by atoms with Crippen LogP contribution in [0.2, 0.25) is 0 Å². The lowest BCUT2D eigenvalue weighted by Crippen LogP contribution is -2.50. The maximum Gasteiger partial charge on any atom is 0.251 e. The second kappa shape index (κ2) is 9.20. The van der Waals surface area contributed by atoms with E-state index in [0.29, 0.717) is 23.4 Å². The van der Waals surface area contributed by atoms with Gasteiger partial charge in [0, 0.05) is 35.8 Å². The molecule has 2 amide bonds. The molecule has 0 spiro atoms. The number of nitrogens with zero attached hydrogens (tertiary/aromatic N) is 1. The molecule has 5 atom stereocenters. The molecular weight excluding hydrogens is 410 g/mol. The molecule has 0 aromatic heterocycles. The summed E-state index contributed by atoms with van der Waals surface area (Å²) in [7, 11) is 0. The second-order valence-corrected chi connectivity index (χ2v) is 10.3. The first-order chi connectivity index (χ1) is 16.0. The molecule has 174 valence electrons. The fourth-order valence-corrected chi connectivity index (χ4v) is 6.33. The zero-order chi connectivity index (χ0) is 22.9. The number of para-hydroxylation sites is 1. The van der Waals surface area contributed by atoms with Crippen molar-refractivity contribution >= 4 is 17.5 Å². The highest BCUT2D eigenvalue weighted by Crippen LogP contribution is 2.48. The number of hydrogen-bond donors (Lipinski definition) is 2. The van der Waals surface area contributed by atoms with E-state index in [4.69, 9.17) is 0 Å². The molecule has 2 aliphatic heterocycles. The Kier molecular flexibility index (Phi) is 6.13. The van der Waals surface area contributed by atoms with Crippen LogP contribution in [0.15, 0.2) is 54.6 Å². The van der Waals surface area contributed by atoms with Crippen LogP contribution in [0.1, 0.15) is 67.9 Å². The molecule has 0 unspecified atom stereocenters. The third-order valence-electron chi connectivity index (χ3n) is 7.94. The maximum atomic E-state index is 14.0. The van der Waals surface area contributed by atoms with Gasteiger partial charge in [0.1, 0.15) is 0 Å². The topological polar surface area (TPSA) is 61.4 Å². The highest BCUT2D eigenvalue weighted by molar-refractivity contribution is 5.94. The van der Waals surface area contributed by atoms with Crippen molar-refractivity contribution in [3.63, 3.8) is 0 Å². The number of rotatable bonds is 4. The summed E-state index contributed by atoms with van der Waals surface area (Å²) in [5.74, 6) is 0.912. The van der Waals surface area contributed by atoms with E-state index >= 15 is 0 Å². The second-order valence-electron chi connectivity index (χ2n) is 10.3. The van der Waals surface area contributed by atoms with Crippen molar-refractivity contribution in [1.82, 2.24) is 10.2 Å². The van der Waals surface area contributed by atoms with Crippen LogP contribution in [0.3, 0.4) is 0 Å². The number of likely N-dealkylation sites (tertiary alicyclic amines) is 1. The Bertz CT molecular complexity index is 1010. The Balaban J connectivity index is 1.39. The fourth-order valence-electron chi connectivity index (χ4n) is 6.33. The Morgan fingerprint density at radius 1 is 0.970 bits per heavy atom. The summed E-state index contributed by atoms with van der Waals surface area (Å²) in [5.41, 5.74) is 3.06. The van der Waals surface area contributed by atoms with Crippen molar-refractivity contribution in [3.8, 4) is 0 Å². The Hall–Kier alpha value is -2.82. The minimum Gasteiger partial charge on any atom is -0.381 e. The smallest absolute Gasteiger partial charge is 0.251 e. The maximum absolute atomic E-state index is 14.0. The molecule has 1 saturated heterocycles. The minimum absolute atomic E-state index is 0.0771. The molecular formula is C28H35N3O2. The van der Waals surface area contributed by atoms with E-state index in [2.05, 4.69) is 53.6 Å². The monoisotopic (exact) mass is 445 g/mol. The summed E-state index contributed by atoms with van der Waals surface area (Å²) < 4.78 is 0. The van der Waals surface area contributed by atoms with E-state index < -0.39 is 0 Å². The van der Waals surface area contributed by atoms with Crippen molar-refractivity contribution in [2.45, 2.75) is 64.1 Å². The Labute approximate surface area is 196 Å². The molecule has 0 radical (unpaired) electrons. The molecule has 2 heterocycles. The van der Waals surface area contributed by atoms with Gasteiger partial charge < -0.3 is 15.5 Å². The van der Waals surface area contributed by atoms with Crippen LogP contribution in [-0.4, -0.2) is 35.3 Å². The van der Waals surface area contributed by atoms with Gasteiger partial charge in [0.25, 0.3) is 5.91 Å². The number of benzene rings is 2. The summed E-state index contributed by atoms with van der Waals surface area (Å²) in [6, 6.07) is 18.2. The number of amides is 2. The molecule has 33 heavy (non-hydrogen) atoms. The molecule has 1 saturated carbocycles. The van der Waals surface area contributed by atoms with Crippen LogP contribution in [0.25, 0.3) is 0 Å². The molecule has 2 aromatic rings. The first-order valence-electron chi connectivity index (χ1n) is 12.6. The minimum atomic E-state index is -0.148. The normalized spacial score (nSPS) is 28.6. The van der Waals surface area contributed by atoms with E-state index in [1.807, 2.05) is 30.3 Å². The first kappa shape index (κ1) is 22.0. The lowest BCUT2D eigenvalue weighted by atomic mass is 9.78. The average molecular weight is 446 g/mol. The summed E-state index contributed by atoms with van der Waals surface area (Å²) in [6.07, 6.45) is 4.83. The SMILES string of the molecule is CC(C)[C@@H]1Nc2ccccc2[C@H]2[C@@H]1CCN2C(=O)[C@H]1CCCC[C@H]1NC(=O)c1ccccc1. The largest absolute Gasteiger partial charge is 0.381 e. The predicted octanol–water partition coefficient (Wildman–Crippen LogP) is 5.02. The van der Waals surface area contributed by atoms with Gasteiger partial charge in [-0.25, -0.2) is 0 Å². The van der Waals surface area contributed by atoms with Crippen molar-refractivity contribution in [2.75, 3.05) is 11.9 Å². The quantitative estimate of drug-likeness (QED) is 0.695. The lowest BCUT2D eigenvalue weighted by molar-refractivity contribution is -0.139. The van der Waals surface area contributed by atoms with Crippen molar-refractivity contribution in [1.29, 1.82) is 0 Å². The number of nitrogens with one attached hydrogen (secondary N) is 2. The molecule has 5 nitrogen and oxygen atoms in total. The fraction of sp³-hybridized carbons (Fsp3) is 0.500. The molecule has 2 aromatic carbocycles. The summed E-state index contributed by atoms with van der Waals surface area (Å²) >= 11 is 0. The van der Waals surface area contributed by atoms with Crippen molar-refractivity contribution in [3.05, 3.63) is 65.7 Å². The van der Waals surface area contributed by atoms with Gasteiger partial charge in [0.05, 0.1) is 12.0 Å². The van der Waals surface area contributed by atoms with Crippen LogP contribution in [0.4, 0.5) is 5.69 Å². The van der Waals surface area contributed by atoms with E-state index in [0.717, 1.165) is 44.3 Å². The van der Waals surface area contributed by atoms with Gasteiger partial charge in [-0.3, -0.25) is 9.59 Å². The highest BCUT2D eigenvalue weighted by Gasteiger charge is 2.48. The standard InChI is InChI=1S/C28H35N3O2/c1-18(2)25-22-16-17-31(26(22)20-12-6-8-14-23(20)29-25)28(33)21-13-7-9-15-24(21)30-27(32)19-10-4-3-5-11-19/h3-6,8,10-12,14,18,21-22,24-26,29H,7,9,13,15-17H2,1-2H3,(H,30,32)/t21-,22+,24+,25-,26-/m0/s1. The Morgan fingerprint density at radius 3 is 2.48 bits per heavy atom. The number of fused-ring (bicyclic) bond motifs is 3. The van der Waals surface area contributed by atoms with Gasteiger partial charge in [-0.1, -0.05) is 63.1 Å². The number of carbonyl (C=O) groups excluding carboxylic acids is 2. The molecule has 5 rings (SSSR count). The van der Waals surface area contributed by atoms with Gasteiger partial charge in [-0.05, 0) is 48.9 Å². The van der Waals surface area contributed by atoms with E-state index in [-0.39, 0.29) is 29.8 Å². The van der Waals surface area contributed by atoms with Crippen LogP contribution in [-0.2, 0) is 4.79 Å². The summed E-state index contributed by atoms with van der Waals surface area (Å²) in [5, 5.41) is 6.97. The molecule has 2 N–H and O–H groups in total. The predicted molar refractivity (Wildman–Crippen MR) is 131 cm³/mol. The molecule has 2 fully saturated rings. The number of hydrogen-bond acceptors (Lipinski definition) is 3. The van der Waals surface area contributed by atoms with Gasteiger partial charge in [0.2, 0.25) is 5.91 Å². The number of anilines is 1. The molecule has 5 heteroatoms. The van der Waals surface area contributed by atoms with Crippen molar-refractivity contribution in [2.24, 2.45) is 17.8 Å². The molecule has 0 bridgehead atoms. The van der Waals surface area contributed by atoms with E-state index in [1.54, 1.807) is 0 Å².